The number of nitrogens with one attached hydrogen (secondary N) is 2. The summed E-state index contributed by atoms with van der Waals surface area (Å²) in [5.74, 6) is -0.502. The number of carbonyl (C=O) groups is 1. The van der Waals surface area contributed by atoms with Crippen molar-refractivity contribution in [2.45, 2.75) is 6.42 Å². The Labute approximate surface area is 213 Å². The summed E-state index contributed by atoms with van der Waals surface area (Å²) in [4.78, 5) is 21.5. The van der Waals surface area contributed by atoms with Crippen LogP contribution in [0.1, 0.15) is 22.3 Å². The van der Waals surface area contributed by atoms with E-state index in [9.17, 15) is 17.6 Å². The van der Waals surface area contributed by atoms with E-state index in [1.807, 2.05) is 6.07 Å². The minimum absolute atomic E-state index is 0.0913. The highest BCUT2D eigenvalue weighted by Crippen LogP contribution is 2.32. The Morgan fingerprint density at radius 1 is 1.14 bits per heavy atom. The summed E-state index contributed by atoms with van der Waals surface area (Å²) in [6, 6.07) is 17.8. The standard InChI is InChI=1S/C26H22FN5O4S/c1-37(34,35)30-12-3-13-36-23-15-19(7-9-21(23)18-5-6-20(16-28)22(27)14-18)26(33)32-24-10-8-17-4-2-11-29-25(17)31-24/h2,4-11,14-15,30H,3,12-13H2,1H3,(H,29,31,32,33). The van der Waals surface area contributed by atoms with Gasteiger partial charge >= 0.3 is 0 Å². The van der Waals surface area contributed by atoms with E-state index in [2.05, 4.69) is 20.0 Å². The van der Waals surface area contributed by atoms with Crippen molar-refractivity contribution in [2.24, 2.45) is 0 Å². The van der Waals surface area contributed by atoms with Crippen molar-refractivity contribution < 1.29 is 22.3 Å². The first-order valence-corrected chi connectivity index (χ1v) is 13.1. The average Bonchev–Trinajstić information content (AvgIpc) is 2.87. The molecule has 0 unspecified atom stereocenters. The maximum Gasteiger partial charge on any atom is 0.256 e. The van der Waals surface area contributed by atoms with E-state index in [0.717, 1.165) is 11.6 Å². The van der Waals surface area contributed by atoms with Crippen molar-refractivity contribution in [1.29, 1.82) is 5.26 Å². The fraction of sp³-hybridized carbons (Fsp3) is 0.154. The molecule has 0 spiro atoms. The SMILES string of the molecule is CS(=O)(=O)NCCCOc1cc(C(=O)Nc2ccc3cccnc3n2)ccc1-c1ccc(C#N)c(F)c1. The van der Waals surface area contributed by atoms with Gasteiger partial charge < -0.3 is 10.1 Å². The Balaban J connectivity index is 1.58. The lowest BCUT2D eigenvalue weighted by molar-refractivity contribution is 0.102. The number of ether oxygens (including phenoxy) is 1. The first-order valence-electron chi connectivity index (χ1n) is 11.2. The lowest BCUT2D eigenvalue weighted by Crippen LogP contribution is -2.24. The van der Waals surface area contributed by atoms with Gasteiger partial charge in [-0.05, 0) is 66.6 Å². The molecule has 9 nitrogen and oxygen atoms in total. The summed E-state index contributed by atoms with van der Waals surface area (Å²) in [5, 5.41) is 12.6. The molecule has 0 atom stereocenters. The third kappa shape index (κ3) is 6.63. The van der Waals surface area contributed by atoms with Gasteiger partial charge in [0.15, 0.2) is 5.65 Å². The number of nitriles is 1. The van der Waals surface area contributed by atoms with Crippen molar-refractivity contribution in [3.63, 3.8) is 0 Å². The Morgan fingerprint density at radius 3 is 2.73 bits per heavy atom. The summed E-state index contributed by atoms with van der Waals surface area (Å²) in [6.45, 7) is 0.304. The highest BCUT2D eigenvalue weighted by molar-refractivity contribution is 7.88. The molecule has 4 aromatic rings. The van der Waals surface area contributed by atoms with Crippen LogP contribution in [0.15, 0.2) is 66.9 Å². The number of nitrogens with zero attached hydrogens (tertiary/aromatic N) is 3. The zero-order valence-electron chi connectivity index (χ0n) is 19.7. The van der Waals surface area contributed by atoms with Gasteiger partial charge in [0.2, 0.25) is 10.0 Å². The first kappa shape index (κ1) is 25.7. The Morgan fingerprint density at radius 2 is 1.97 bits per heavy atom. The molecule has 1 amide bonds. The van der Waals surface area contributed by atoms with E-state index in [0.29, 0.717) is 34.8 Å². The molecular formula is C26H22FN5O4S. The van der Waals surface area contributed by atoms with Crippen LogP contribution in [0.25, 0.3) is 22.2 Å². The Hall–Kier alpha value is -4.40. The summed E-state index contributed by atoms with van der Waals surface area (Å²) >= 11 is 0. The Kier molecular flexibility index (Phi) is 7.71. The van der Waals surface area contributed by atoms with Crippen LogP contribution in [0.3, 0.4) is 0 Å². The summed E-state index contributed by atoms with van der Waals surface area (Å²) in [5.41, 5.74) is 1.63. The highest BCUT2D eigenvalue weighted by atomic mass is 32.2. The van der Waals surface area contributed by atoms with Crippen LogP contribution in [0, 0.1) is 17.1 Å². The van der Waals surface area contributed by atoms with Gasteiger partial charge in [0, 0.05) is 29.3 Å². The molecule has 2 N–H and O–H groups in total. The molecule has 0 aliphatic carbocycles. The molecule has 0 aliphatic rings. The van der Waals surface area contributed by atoms with Crippen molar-refractivity contribution in [3.05, 3.63) is 83.8 Å². The largest absolute Gasteiger partial charge is 0.493 e. The molecule has 37 heavy (non-hydrogen) atoms. The second kappa shape index (κ2) is 11.1. The summed E-state index contributed by atoms with van der Waals surface area (Å²) < 4.78 is 45.1. The summed E-state index contributed by atoms with van der Waals surface area (Å²) in [6.07, 6.45) is 3.04. The van der Waals surface area contributed by atoms with Crippen LogP contribution in [-0.2, 0) is 10.0 Å². The van der Waals surface area contributed by atoms with Gasteiger partial charge in [0.05, 0.1) is 18.4 Å². The van der Waals surface area contributed by atoms with Crippen molar-refractivity contribution in [1.82, 2.24) is 14.7 Å². The fourth-order valence-corrected chi connectivity index (χ4v) is 4.03. The van der Waals surface area contributed by atoms with Crippen LogP contribution < -0.4 is 14.8 Å². The molecule has 2 aromatic carbocycles. The van der Waals surface area contributed by atoms with E-state index in [1.54, 1.807) is 48.7 Å². The summed E-state index contributed by atoms with van der Waals surface area (Å²) in [7, 11) is -3.33. The van der Waals surface area contributed by atoms with Gasteiger partial charge in [-0.2, -0.15) is 5.26 Å². The van der Waals surface area contributed by atoms with Crippen molar-refractivity contribution >= 4 is 32.8 Å². The van der Waals surface area contributed by atoms with Crippen molar-refractivity contribution in [2.75, 3.05) is 24.7 Å². The number of hydrogen-bond acceptors (Lipinski definition) is 7. The molecule has 0 saturated heterocycles. The van der Waals surface area contributed by atoms with Crippen LogP contribution in [-0.4, -0.2) is 43.7 Å². The minimum atomic E-state index is -3.33. The number of pyridine rings is 2. The number of fused-ring (bicyclic) bond motifs is 1. The van der Waals surface area contributed by atoms with Crippen molar-refractivity contribution in [3.8, 4) is 22.9 Å². The molecule has 0 bridgehead atoms. The van der Waals surface area contributed by atoms with Gasteiger partial charge in [0.1, 0.15) is 23.5 Å². The van der Waals surface area contributed by atoms with Gasteiger partial charge in [-0.25, -0.2) is 27.5 Å². The predicted octanol–water partition coefficient (Wildman–Crippen LogP) is 3.88. The highest BCUT2D eigenvalue weighted by Gasteiger charge is 2.15. The topological polar surface area (TPSA) is 134 Å². The number of anilines is 1. The number of rotatable bonds is 9. The van der Waals surface area contributed by atoms with E-state index in [1.165, 1.54) is 18.2 Å². The quantitative estimate of drug-likeness (QED) is 0.321. The van der Waals surface area contributed by atoms with E-state index >= 15 is 0 Å². The maximum absolute atomic E-state index is 14.3. The third-order valence-corrected chi connectivity index (χ3v) is 6.02. The average molecular weight is 520 g/mol. The van der Waals surface area contributed by atoms with E-state index in [-0.39, 0.29) is 24.3 Å². The molecule has 0 saturated carbocycles. The smallest absolute Gasteiger partial charge is 0.256 e. The van der Waals surface area contributed by atoms with Gasteiger partial charge in [-0.15, -0.1) is 0 Å². The zero-order valence-corrected chi connectivity index (χ0v) is 20.5. The number of sulfonamides is 1. The molecule has 2 heterocycles. The van der Waals surface area contributed by atoms with Gasteiger partial charge in [-0.1, -0.05) is 6.07 Å². The van der Waals surface area contributed by atoms with E-state index in [4.69, 9.17) is 10.00 Å². The molecular weight excluding hydrogens is 497 g/mol. The molecule has 188 valence electrons. The normalized spacial score (nSPS) is 11.2. The maximum atomic E-state index is 14.3. The number of aromatic nitrogens is 2. The number of hydrogen-bond donors (Lipinski definition) is 2. The number of benzene rings is 2. The van der Waals surface area contributed by atoms with Crippen LogP contribution in [0.5, 0.6) is 5.75 Å². The van der Waals surface area contributed by atoms with Crippen LogP contribution >= 0.6 is 0 Å². The zero-order chi connectivity index (χ0) is 26.4. The molecule has 0 radical (unpaired) electrons. The molecule has 0 fully saturated rings. The van der Waals surface area contributed by atoms with E-state index < -0.39 is 21.7 Å². The molecule has 4 rings (SSSR count). The minimum Gasteiger partial charge on any atom is -0.493 e. The monoisotopic (exact) mass is 519 g/mol. The molecule has 0 aliphatic heterocycles. The molecule has 11 heteroatoms. The lowest BCUT2D eigenvalue weighted by atomic mass is 10.0. The number of carbonyl (C=O) groups excluding carboxylic acids is 1. The fourth-order valence-electron chi connectivity index (χ4n) is 3.52. The number of halogens is 1. The first-order chi connectivity index (χ1) is 17.7. The third-order valence-electron chi connectivity index (χ3n) is 5.29. The second-order valence-corrected chi connectivity index (χ2v) is 9.92. The second-order valence-electron chi connectivity index (χ2n) is 8.09. The molecule has 2 aromatic heterocycles. The predicted molar refractivity (Wildman–Crippen MR) is 137 cm³/mol. The Bertz CT molecular complexity index is 1620. The van der Waals surface area contributed by atoms with Crippen LogP contribution in [0.2, 0.25) is 0 Å². The number of amides is 1. The van der Waals surface area contributed by atoms with Gasteiger partial charge in [-0.3, -0.25) is 4.79 Å². The van der Waals surface area contributed by atoms with Crippen LogP contribution in [0.4, 0.5) is 10.2 Å². The lowest BCUT2D eigenvalue weighted by Gasteiger charge is -2.14. The van der Waals surface area contributed by atoms with Gasteiger partial charge in [0.25, 0.3) is 5.91 Å².